The Kier molecular flexibility index (Phi) is 24.9. The third-order valence-corrected chi connectivity index (χ3v) is 13.1. The van der Waals surface area contributed by atoms with Crippen LogP contribution >= 0.6 is 0 Å². The Hall–Kier alpha value is -3.36. The van der Waals surface area contributed by atoms with Crippen LogP contribution in [0.15, 0.2) is 94.6 Å². The molecular formula is C48H48F3N3Na3O13S3+. The van der Waals surface area contributed by atoms with Crippen LogP contribution < -0.4 is 93.6 Å². The molecule has 16 nitrogen and oxygen atoms in total. The van der Waals surface area contributed by atoms with Gasteiger partial charge >= 0.3 is 116 Å². The number of nitrogens with zero attached hydrogens (tertiary/aromatic N) is 3. The van der Waals surface area contributed by atoms with Gasteiger partial charge in [-0.05, 0) is 65.9 Å². The molecule has 0 N–H and O–H groups in total. The maximum absolute atomic E-state index is 16.2. The van der Waals surface area contributed by atoms with Gasteiger partial charge in [-0.3, -0.25) is 9.59 Å². The average molecular weight is 1100 g/mol. The number of anilines is 1. The number of allylic oxidation sites excluding steroid dienone is 8. The van der Waals surface area contributed by atoms with E-state index in [1.165, 1.54) is 12.1 Å². The molecule has 0 spiro atoms. The van der Waals surface area contributed by atoms with Gasteiger partial charge in [-0.2, -0.15) is 24.6 Å². The van der Waals surface area contributed by atoms with Gasteiger partial charge in [0.05, 0.1) is 16.4 Å². The quantitative estimate of drug-likeness (QED) is 0.0620. The normalized spacial score (nSPS) is 18.5. The summed E-state index contributed by atoms with van der Waals surface area (Å²) < 4.78 is 136. The zero-order valence-corrected chi connectivity index (χ0v) is 50.0. The van der Waals surface area contributed by atoms with Gasteiger partial charge in [0.15, 0.2) is 5.71 Å². The van der Waals surface area contributed by atoms with Gasteiger partial charge in [-0.1, -0.05) is 58.8 Å². The number of carbonyl (C=O) groups is 3. The van der Waals surface area contributed by atoms with Crippen molar-refractivity contribution < 1.29 is 164 Å². The van der Waals surface area contributed by atoms with Crippen molar-refractivity contribution in [3.63, 3.8) is 0 Å². The summed E-state index contributed by atoms with van der Waals surface area (Å²) in [6.45, 7) is 15.0. The molecule has 1 fully saturated rings. The minimum absolute atomic E-state index is 0. The largest absolute Gasteiger partial charge is 1.00 e. The van der Waals surface area contributed by atoms with Crippen LogP contribution in [0.5, 0.6) is 0 Å². The Morgan fingerprint density at radius 1 is 0.890 bits per heavy atom. The van der Waals surface area contributed by atoms with E-state index in [-0.39, 0.29) is 126 Å². The molecule has 2 amide bonds. The molecule has 1 unspecified atom stereocenters. The molecule has 3 aromatic rings. The van der Waals surface area contributed by atoms with E-state index in [0.717, 1.165) is 29.8 Å². The zero-order valence-electron chi connectivity index (χ0n) is 41.6. The van der Waals surface area contributed by atoms with Gasteiger partial charge in [-0.15, -0.1) is 36.4 Å². The smallest absolute Gasteiger partial charge is 0.744 e. The third-order valence-electron chi connectivity index (χ3n) is 12.2. The minimum Gasteiger partial charge on any atom is -0.744 e. The molecule has 25 heteroatoms. The van der Waals surface area contributed by atoms with Crippen LogP contribution in [-0.2, 0) is 61.4 Å². The molecule has 1 aliphatic carbocycles. The van der Waals surface area contributed by atoms with Crippen molar-refractivity contribution >= 4 is 71.8 Å². The SMILES string of the molecule is O=S(=O)=O.O=S(=O)=O.[CH2-]CCN1/C(=C/C=C2\CC(C(=O)ON3C(=O)CCC3=O)CC(/C=C/C3=[N+](CCCC)c4cc[c-]cc4C3(C)C)=C2c2c(F)cc(F)cc2F)C(C)(C)c2cc(S(=O)(=O)[O-])ccc21.[Na+].[Na+].[Na+]. The predicted molar refractivity (Wildman–Crippen MR) is 246 cm³/mol. The van der Waals surface area contributed by atoms with E-state index in [1.54, 1.807) is 24.3 Å². The van der Waals surface area contributed by atoms with Gasteiger partial charge in [0.2, 0.25) is 0 Å². The molecule has 7 rings (SSSR count). The molecule has 0 radical (unpaired) electrons. The standard InChI is InChI=1S/C48H49F3N3O7S.3Na.2O3S/c1-7-9-23-53-38-13-11-10-12-34(38)47(3,4)40(53)18-14-29-24-31(46(57)61-54-42(55)20-21-43(54)56)25-30(44(29)45-36(50)26-32(49)27-37(45)51)15-19-41-48(5,6)35-28-33(62(58,59)60)16-17-39(35)52(41)22-8-2;;;;2*1-4(2)3/h11-19,26-28,31H,2,7-9,20-25H2,1,3-6H3,(H,58,59,60);;;;;/q-1;3*+1;;/p-1. The van der Waals surface area contributed by atoms with Gasteiger partial charge in [0.1, 0.15) is 39.8 Å². The number of fused-ring (bicyclic) bond motifs is 2. The summed E-state index contributed by atoms with van der Waals surface area (Å²) in [7, 11) is -11.0. The van der Waals surface area contributed by atoms with Crippen molar-refractivity contribution in [3.05, 3.63) is 137 Å². The summed E-state index contributed by atoms with van der Waals surface area (Å²) in [6, 6.07) is 14.3. The first-order valence-electron chi connectivity index (χ1n) is 21.7. The van der Waals surface area contributed by atoms with Crippen LogP contribution in [0.1, 0.15) is 96.3 Å². The molecule has 374 valence electrons. The monoisotopic (exact) mass is 1100 g/mol. The summed E-state index contributed by atoms with van der Waals surface area (Å²) in [6.07, 6.45) is 8.58. The first-order chi connectivity index (χ1) is 32.8. The fourth-order valence-corrected chi connectivity index (χ4v) is 9.59. The number of carbonyl (C=O) groups excluding carboxylic acids is 3. The average Bonchev–Trinajstić information content (AvgIpc) is 3.77. The van der Waals surface area contributed by atoms with Gasteiger partial charge < -0.3 is 21.2 Å². The number of hydrogen-bond acceptors (Lipinski definition) is 14. The molecule has 3 heterocycles. The van der Waals surface area contributed by atoms with E-state index in [4.69, 9.17) is 30.1 Å². The summed E-state index contributed by atoms with van der Waals surface area (Å²) in [5.41, 5.74) is 3.40. The molecule has 1 atom stereocenters. The molecular weight excluding hydrogens is 1050 g/mol. The summed E-state index contributed by atoms with van der Waals surface area (Å²) >= 11 is 0. The fraction of sp³-hybridized carbons (Fsp3) is 0.354. The Bertz CT molecular complexity index is 3080. The minimum atomic E-state index is -4.80. The van der Waals surface area contributed by atoms with E-state index in [2.05, 4.69) is 38.3 Å². The number of amides is 2. The van der Waals surface area contributed by atoms with Gasteiger partial charge in [-0.25, -0.2) is 31.0 Å². The number of halogens is 3. The molecule has 1 saturated heterocycles. The van der Waals surface area contributed by atoms with E-state index in [1.807, 2.05) is 43.0 Å². The van der Waals surface area contributed by atoms with Crippen LogP contribution in [0.4, 0.5) is 24.5 Å². The van der Waals surface area contributed by atoms with Crippen LogP contribution in [0.2, 0.25) is 0 Å². The van der Waals surface area contributed by atoms with Crippen molar-refractivity contribution in [3.8, 4) is 0 Å². The van der Waals surface area contributed by atoms with Gasteiger partial charge in [0, 0.05) is 59.7 Å². The zero-order chi connectivity index (χ0) is 52.0. The molecule has 3 aromatic carbocycles. The molecule has 0 bridgehead atoms. The van der Waals surface area contributed by atoms with E-state index in [0.29, 0.717) is 59.2 Å². The van der Waals surface area contributed by atoms with Gasteiger partial charge in [0.25, 0.3) is 11.8 Å². The van der Waals surface area contributed by atoms with E-state index in [9.17, 15) is 31.7 Å². The number of benzene rings is 3. The molecule has 0 saturated carbocycles. The first-order valence-corrected chi connectivity index (χ1v) is 25.1. The third kappa shape index (κ3) is 15.4. The number of rotatable bonds is 12. The topological polar surface area (TPSA) is 230 Å². The maximum Gasteiger partial charge on any atom is 1.00 e. The van der Waals surface area contributed by atoms with Crippen LogP contribution in [0.3, 0.4) is 0 Å². The second kappa shape index (κ2) is 27.6. The van der Waals surface area contributed by atoms with E-state index < -0.39 is 93.8 Å². The molecule has 3 aliphatic heterocycles. The summed E-state index contributed by atoms with van der Waals surface area (Å²) in [5.74, 6) is -6.77. The van der Waals surface area contributed by atoms with Crippen LogP contribution in [0.25, 0.3) is 5.57 Å². The number of hydroxylamine groups is 2. The number of imide groups is 1. The van der Waals surface area contributed by atoms with Crippen molar-refractivity contribution in [1.82, 2.24) is 5.06 Å². The molecule has 0 aromatic heterocycles. The Labute approximate surface area is 491 Å². The summed E-state index contributed by atoms with van der Waals surface area (Å²) in [5, 5.41) is 0.462. The maximum atomic E-state index is 16.2. The first kappa shape index (κ1) is 65.8. The fourth-order valence-electron chi connectivity index (χ4n) is 9.09. The van der Waals surface area contributed by atoms with Crippen molar-refractivity contribution in [2.45, 2.75) is 95.3 Å². The van der Waals surface area contributed by atoms with Crippen molar-refractivity contribution in [2.75, 3.05) is 18.0 Å². The predicted octanol–water partition coefficient (Wildman–Crippen LogP) is -2.15. The Morgan fingerprint density at radius 2 is 1.48 bits per heavy atom. The van der Waals surface area contributed by atoms with Crippen LogP contribution in [0, 0.1) is 36.4 Å². The Morgan fingerprint density at radius 3 is 2.03 bits per heavy atom. The molecule has 4 aliphatic rings. The van der Waals surface area contributed by atoms with Crippen molar-refractivity contribution in [1.29, 1.82) is 0 Å². The summed E-state index contributed by atoms with van der Waals surface area (Å²) in [4.78, 5) is 46.1. The number of hydrogen-bond donors (Lipinski definition) is 0. The number of unbranched alkanes of at least 4 members (excludes halogenated alkanes) is 1. The second-order valence-corrected chi connectivity index (χ2v) is 19.6. The van der Waals surface area contributed by atoms with Crippen molar-refractivity contribution in [2.24, 2.45) is 5.92 Å². The Balaban J connectivity index is 0.00000155. The van der Waals surface area contributed by atoms with Crippen LogP contribution in [-0.4, -0.2) is 84.4 Å². The van der Waals surface area contributed by atoms with E-state index >= 15 is 8.78 Å². The second-order valence-electron chi connectivity index (χ2n) is 17.4. The molecule has 73 heavy (non-hydrogen) atoms.